The summed E-state index contributed by atoms with van der Waals surface area (Å²) in [5.74, 6) is 0. The van der Waals surface area contributed by atoms with Crippen molar-refractivity contribution in [1.82, 2.24) is 9.80 Å². The molecule has 0 N–H and O–H groups in total. The lowest BCUT2D eigenvalue weighted by atomic mass is 10.2. The Labute approximate surface area is 363 Å². The fourth-order valence-corrected chi connectivity index (χ4v) is 3.72. The smallest absolute Gasteiger partial charge is 0.410 e. The Morgan fingerprint density at radius 2 is 0.552 bits per heavy atom. The maximum Gasteiger partial charge on any atom is 0.410 e. The lowest BCUT2D eigenvalue weighted by Gasteiger charge is -2.24. The van der Waals surface area contributed by atoms with Gasteiger partial charge in [-0.3, -0.25) is 0 Å². The Kier molecular flexibility index (Phi) is 49.4. The van der Waals surface area contributed by atoms with E-state index in [-0.39, 0.29) is 37.0 Å². The molecule has 0 unspecified atom stereocenters. The first-order valence-electron chi connectivity index (χ1n) is 20.4. The summed E-state index contributed by atoms with van der Waals surface area (Å²) in [4.78, 5) is 26.6. The summed E-state index contributed by atoms with van der Waals surface area (Å²) in [6.07, 6.45) is 3.84. The van der Waals surface area contributed by atoms with Crippen LogP contribution in [0, 0.1) is 0 Å². The standard InChI is InChI=1S/C24H48N2O9.C16H34O5.2ClH/c1-23(2,3)34-21(27)25(7)9-11-29-13-15-31-17-19-33-20-18-32-16-14-30-12-10-26(8)22(28)35-24(4,5)6;1-3-5-7-17-9-11-19-13-15-21-16-14-20-12-10-18-8-6-4-2;;/h9-20H2,1-8H3;3-16H2,1-2H3;2*1H. The van der Waals surface area contributed by atoms with Gasteiger partial charge in [-0.05, 0) is 54.4 Å². The normalized spacial score (nSPS) is 11.2. The van der Waals surface area contributed by atoms with Gasteiger partial charge in [0.05, 0.1) is 119 Å². The molecule has 0 saturated carbocycles. The maximum atomic E-state index is 11.8. The van der Waals surface area contributed by atoms with Crippen molar-refractivity contribution >= 4 is 37.0 Å². The SMILES string of the molecule is CCCCOCCOCCOCCOCCOCCCC.CN(CCOCCOCCOCCOCCOCCN(C)C(=O)OC(C)(C)C)C(=O)OC(C)(C)C.Cl.Cl. The van der Waals surface area contributed by atoms with Gasteiger partial charge in [0.25, 0.3) is 0 Å². The Hall–Kier alpha value is -1.28. The van der Waals surface area contributed by atoms with Gasteiger partial charge in [-0.2, -0.15) is 0 Å². The van der Waals surface area contributed by atoms with E-state index in [9.17, 15) is 9.59 Å². The largest absolute Gasteiger partial charge is 0.444 e. The van der Waals surface area contributed by atoms with Gasteiger partial charge >= 0.3 is 12.2 Å². The third-order valence-corrected chi connectivity index (χ3v) is 6.81. The van der Waals surface area contributed by atoms with Gasteiger partial charge in [0.1, 0.15) is 11.2 Å². The van der Waals surface area contributed by atoms with E-state index in [4.69, 9.17) is 56.8 Å². The second-order valence-corrected chi connectivity index (χ2v) is 14.6. The van der Waals surface area contributed by atoms with Crippen molar-refractivity contribution in [2.24, 2.45) is 0 Å². The van der Waals surface area contributed by atoms with Gasteiger partial charge in [0, 0.05) is 40.4 Å². The summed E-state index contributed by atoms with van der Waals surface area (Å²) in [6, 6.07) is 0. The first kappa shape index (κ1) is 63.4. The fourth-order valence-electron chi connectivity index (χ4n) is 3.72. The van der Waals surface area contributed by atoms with Gasteiger partial charge in [-0.25, -0.2) is 9.59 Å². The topological polar surface area (TPSA) is 151 Å². The highest BCUT2D eigenvalue weighted by atomic mass is 35.5. The van der Waals surface area contributed by atoms with Crippen LogP contribution < -0.4 is 0 Å². The van der Waals surface area contributed by atoms with Crippen LogP contribution in [0.5, 0.6) is 0 Å². The van der Waals surface area contributed by atoms with Crippen LogP contribution in [0.4, 0.5) is 9.59 Å². The van der Waals surface area contributed by atoms with E-state index in [0.717, 1.165) is 26.1 Å². The van der Waals surface area contributed by atoms with Crippen molar-refractivity contribution < 1.29 is 66.4 Å². The molecule has 2 amide bonds. The second-order valence-electron chi connectivity index (χ2n) is 14.6. The van der Waals surface area contributed by atoms with E-state index in [1.807, 2.05) is 41.5 Å². The number of amides is 2. The molecular weight excluding hydrogens is 803 g/mol. The van der Waals surface area contributed by atoms with E-state index in [1.54, 1.807) is 14.1 Å². The van der Waals surface area contributed by atoms with E-state index in [2.05, 4.69) is 13.8 Å². The molecule has 0 radical (unpaired) electrons. The van der Waals surface area contributed by atoms with E-state index < -0.39 is 11.2 Å². The van der Waals surface area contributed by atoms with Gasteiger partial charge in [-0.1, -0.05) is 26.7 Å². The highest BCUT2D eigenvalue weighted by molar-refractivity contribution is 5.85. The molecule has 0 aromatic heterocycles. The monoisotopic (exact) mass is 887 g/mol. The summed E-state index contributed by atoms with van der Waals surface area (Å²) >= 11 is 0. The Morgan fingerprint density at radius 3 is 0.741 bits per heavy atom. The Bertz CT molecular complexity index is 804. The molecule has 0 saturated heterocycles. The van der Waals surface area contributed by atoms with Crippen molar-refractivity contribution in [2.45, 2.75) is 92.3 Å². The maximum absolute atomic E-state index is 11.8. The van der Waals surface area contributed by atoms with E-state index in [0.29, 0.717) is 132 Å². The number of likely N-dealkylation sites (N-methyl/N-ethyl adjacent to an activating group) is 2. The van der Waals surface area contributed by atoms with E-state index in [1.165, 1.54) is 22.6 Å². The molecule has 0 bridgehead atoms. The highest BCUT2D eigenvalue weighted by Crippen LogP contribution is 2.09. The van der Waals surface area contributed by atoms with Crippen LogP contribution in [0.25, 0.3) is 0 Å². The van der Waals surface area contributed by atoms with Crippen molar-refractivity contribution in [3.8, 4) is 0 Å². The zero-order valence-corrected chi connectivity index (χ0v) is 39.4. The van der Waals surface area contributed by atoms with Gasteiger partial charge < -0.3 is 66.6 Å². The van der Waals surface area contributed by atoms with Crippen molar-refractivity contribution in [1.29, 1.82) is 0 Å². The summed E-state index contributed by atoms with van der Waals surface area (Å²) in [5, 5.41) is 0. The molecule has 0 atom stereocenters. The molecule has 0 spiro atoms. The summed E-state index contributed by atoms with van der Waals surface area (Å²) < 4.78 is 64.7. The Balaban J connectivity index is -0.000000545. The van der Waals surface area contributed by atoms with Crippen LogP contribution >= 0.6 is 24.8 Å². The molecular formula is C40H84Cl2N2O14. The molecule has 16 nitrogen and oxygen atoms in total. The Morgan fingerprint density at radius 1 is 0.362 bits per heavy atom. The highest BCUT2D eigenvalue weighted by Gasteiger charge is 2.20. The number of rotatable bonds is 36. The van der Waals surface area contributed by atoms with Crippen molar-refractivity contribution in [2.75, 3.05) is 159 Å². The average molecular weight is 888 g/mol. The molecule has 18 heteroatoms. The van der Waals surface area contributed by atoms with Crippen LogP contribution in [0.3, 0.4) is 0 Å². The van der Waals surface area contributed by atoms with Gasteiger partial charge in [-0.15, -0.1) is 24.8 Å². The summed E-state index contributed by atoms with van der Waals surface area (Å²) in [7, 11) is 3.35. The average Bonchev–Trinajstić information content (AvgIpc) is 3.12. The number of halogens is 2. The summed E-state index contributed by atoms with van der Waals surface area (Å²) in [5.41, 5.74) is -1.02. The minimum absolute atomic E-state index is 0. The molecule has 0 aromatic carbocycles. The molecule has 0 fully saturated rings. The molecule has 0 aliphatic rings. The second kappa shape index (κ2) is 45.3. The molecule has 352 valence electrons. The van der Waals surface area contributed by atoms with Crippen LogP contribution in [-0.2, 0) is 56.8 Å². The first-order chi connectivity index (χ1) is 26.7. The third kappa shape index (κ3) is 52.7. The van der Waals surface area contributed by atoms with Crippen LogP contribution in [0.1, 0.15) is 81.1 Å². The number of carbonyl (C=O) groups excluding carboxylic acids is 2. The molecule has 0 rings (SSSR count). The number of ether oxygens (including phenoxy) is 12. The minimum atomic E-state index is -0.508. The minimum Gasteiger partial charge on any atom is -0.444 e. The number of carbonyl (C=O) groups is 2. The quantitative estimate of drug-likeness (QED) is 0.0646. The predicted molar refractivity (Wildman–Crippen MR) is 230 cm³/mol. The molecule has 0 aliphatic heterocycles. The summed E-state index contributed by atoms with van der Waals surface area (Å²) in [6.45, 7) is 27.4. The molecule has 58 heavy (non-hydrogen) atoms. The number of unbranched alkanes of at least 4 members (excludes halogenated alkanes) is 2. The van der Waals surface area contributed by atoms with Crippen molar-refractivity contribution in [3.63, 3.8) is 0 Å². The lowest BCUT2D eigenvalue weighted by Crippen LogP contribution is -2.36. The number of nitrogens with zero attached hydrogens (tertiary/aromatic N) is 2. The van der Waals surface area contributed by atoms with Gasteiger partial charge in [0.2, 0.25) is 0 Å². The molecule has 0 aliphatic carbocycles. The zero-order valence-electron chi connectivity index (χ0n) is 37.8. The lowest BCUT2D eigenvalue weighted by molar-refractivity contribution is -0.0146. The van der Waals surface area contributed by atoms with Crippen molar-refractivity contribution in [3.05, 3.63) is 0 Å². The van der Waals surface area contributed by atoms with Crippen LogP contribution in [0.15, 0.2) is 0 Å². The van der Waals surface area contributed by atoms with E-state index >= 15 is 0 Å². The zero-order chi connectivity index (χ0) is 42.2. The third-order valence-electron chi connectivity index (χ3n) is 6.81. The molecule has 0 aromatic rings. The number of hydrogen-bond acceptors (Lipinski definition) is 14. The predicted octanol–water partition coefficient (Wildman–Crippen LogP) is 6.32. The molecule has 0 heterocycles. The van der Waals surface area contributed by atoms with Crippen LogP contribution in [0.2, 0.25) is 0 Å². The van der Waals surface area contributed by atoms with Gasteiger partial charge in [0.15, 0.2) is 0 Å². The fraction of sp³-hybridized carbons (Fsp3) is 0.950. The number of hydrogen-bond donors (Lipinski definition) is 0. The first-order valence-corrected chi connectivity index (χ1v) is 20.4. The van der Waals surface area contributed by atoms with Crippen LogP contribution in [-0.4, -0.2) is 193 Å².